The molecule has 0 bridgehead atoms. The van der Waals surface area contributed by atoms with Gasteiger partial charge in [-0.25, -0.2) is 4.79 Å². The molecule has 2 aliphatic rings. The SMILES string of the molecule is CN(C)c1ccc(CC2=C(c3ccc4nsnc4c3)C(=O)OC2(O)c2ccc3c(c2)OCCO3)cc1. The van der Waals surface area contributed by atoms with Crippen LogP contribution in [0.15, 0.2) is 66.2 Å². The van der Waals surface area contributed by atoms with Gasteiger partial charge in [-0.1, -0.05) is 18.2 Å². The van der Waals surface area contributed by atoms with E-state index in [2.05, 4.69) is 8.75 Å². The van der Waals surface area contributed by atoms with E-state index in [0.29, 0.717) is 58.9 Å². The molecule has 6 rings (SSSR count). The Morgan fingerprint density at radius 1 is 0.944 bits per heavy atom. The Morgan fingerprint density at radius 2 is 1.69 bits per heavy atom. The number of anilines is 1. The van der Waals surface area contributed by atoms with Gasteiger partial charge in [-0.15, -0.1) is 0 Å². The zero-order valence-electron chi connectivity index (χ0n) is 19.7. The fourth-order valence-electron chi connectivity index (χ4n) is 4.58. The van der Waals surface area contributed by atoms with Gasteiger partial charge in [0.1, 0.15) is 24.2 Å². The van der Waals surface area contributed by atoms with Crippen LogP contribution in [-0.4, -0.2) is 47.1 Å². The van der Waals surface area contributed by atoms with Crippen LogP contribution in [0.5, 0.6) is 11.5 Å². The monoisotopic (exact) mass is 501 g/mol. The third-order valence-electron chi connectivity index (χ3n) is 6.46. The first kappa shape index (κ1) is 22.5. The molecule has 182 valence electrons. The summed E-state index contributed by atoms with van der Waals surface area (Å²) in [5.74, 6) is -1.49. The molecule has 4 aromatic rings. The van der Waals surface area contributed by atoms with Crippen molar-refractivity contribution in [1.82, 2.24) is 8.75 Å². The molecule has 36 heavy (non-hydrogen) atoms. The minimum Gasteiger partial charge on any atom is -0.486 e. The van der Waals surface area contributed by atoms with Crippen LogP contribution in [0.2, 0.25) is 0 Å². The molecule has 0 fully saturated rings. The predicted octanol–water partition coefficient (Wildman–Crippen LogP) is 3.93. The highest BCUT2D eigenvalue weighted by atomic mass is 32.1. The molecular formula is C27H23N3O5S. The maximum Gasteiger partial charge on any atom is 0.342 e. The molecule has 0 amide bonds. The van der Waals surface area contributed by atoms with Crippen LogP contribution in [0.3, 0.4) is 0 Å². The zero-order chi connectivity index (χ0) is 24.9. The molecule has 9 heteroatoms. The van der Waals surface area contributed by atoms with Gasteiger partial charge in [0.15, 0.2) is 11.5 Å². The molecule has 0 saturated carbocycles. The maximum absolute atomic E-state index is 13.3. The second-order valence-corrected chi connectivity index (χ2v) is 9.48. The van der Waals surface area contributed by atoms with Gasteiger partial charge in [0.25, 0.3) is 5.79 Å². The van der Waals surface area contributed by atoms with Crippen LogP contribution in [-0.2, 0) is 21.7 Å². The minimum absolute atomic E-state index is 0.299. The quantitative estimate of drug-likeness (QED) is 0.411. The maximum atomic E-state index is 13.3. The number of nitrogens with zero attached hydrogens (tertiary/aromatic N) is 3. The fraction of sp³-hybridized carbons (Fsp3) is 0.222. The predicted molar refractivity (Wildman–Crippen MR) is 136 cm³/mol. The van der Waals surface area contributed by atoms with Crippen LogP contribution >= 0.6 is 11.7 Å². The second-order valence-electron chi connectivity index (χ2n) is 8.95. The van der Waals surface area contributed by atoms with Gasteiger partial charge in [0, 0.05) is 37.3 Å². The molecule has 0 aliphatic carbocycles. The summed E-state index contributed by atoms with van der Waals surface area (Å²) in [6.45, 7) is 0.861. The Bertz CT molecular complexity index is 1510. The van der Waals surface area contributed by atoms with E-state index in [1.807, 2.05) is 55.4 Å². The third-order valence-corrected chi connectivity index (χ3v) is 7.02. The number of rotatable bonds is 5. The molecule has 0 saturated heterocycles. The number of cyclic esters (lactones) is 1. The summed E-state index contributed by atoms with van der Waals surface area (Å²) in [6.07, 6.45) is 0.299. The van der Waals surface area contributed by atoms with Crippen molar-refractivity contribution in [2.75, 3.05) is 32.2 Å². The fourth-order valence-corrected chi connectivity index (χ4v) is 5.10. The highest BCUT2D eigenvalue weighted by Crippen LogP contribution is 2.47. The van der Waals surface area contributed by atoms with E-state index in [4.69, 9.17) is 14.2 Å². The van der Waals surface area contributed by atoms with Crippen molar-refractivity contribution >= 4 is 40.0 Å². The molecule has 1 N–H and O–H groups in total. The van der Waals surface area contributed by atoms with Gasteiger partial charge in [0.2, 0.25) is 0 Å². The van der Waals surface area contributed by atoms with Gasteiger partial charge in [0.05, 0.1) is 17.3 Å². The molecule has 1 unspecified atom stereocenters. The lowest BCUT2D eigenvalue weighted by molar-refractivity contribution is -0.185. The number of hydrogen-bond acceptors (Lipinski definition) is 9. The van der Waals surface area contributed by atoms with Crippen LogP contribution < -0.4 is 14.4 Å². The summed E-state index contributed by atoms with van der Waals surface area (Å²) in [5.41, 5.74) is 5.19. The first-order valence-electron chi connectivity index (χ1n) is 11.5. The van der Waals surface area contributed by atoms with E-state index in [9.17, 15) is 9.90 Å². The topological polar surface area (TPSA) is 94.0 Å². The number of carbonyl (C=O) groups excluding carboxylic acids is 1. The first-order valence-corrected chi connectivity index (χ1v) is 12.2. The van der Waals surface area contributed by atoms with Crippen molar-refractivity contribution < 1.29 is 24.1 Å². The van der Waals surface area contributed by atoms with E-state index >= 15 is 0 Å². The lowest BCUT2D eigenvalue weighted by atomic mass is 9.88. The molecule has 0 radical (unpaired) electrons. The Morgan fingerprint density at radius 3 is 2.47 bits per heavy atom. The van der Waals surface area contributed by atoms with Gasteiger partial charge >= 0.3 is 5.97 Å². The highest BCUT2D eigenvalue weighted by Gasteiger charge is 2.48. The van der Waals surface area contributed by atoms with Crippen LogP contribution in [0.4, 0.5) is 5.69 Å². The van der Waals surface area contributed by atoms with Gasteiger partial charge in [-0.3, -0.25) is 0 Å². The third kappa shape index (κ3) is 3.77. The normalized spacial score (nSPS) is 19.0. The number of aliphatic hydroxyl groups is 1. The molecule has 2 aliphatic heterocycles. The number of aromatic nitrogens is 2. The molecule has 1 atom stereocenters. The largest absolute Gasteiger partial charge is 0.486 e. The van der Waals surface area contributed by atoms with Crippen molar-refractivity contribution in [2.24, 2.45) is 0 Å². The van der Waals surface area contributed by atoms with Gasteiger partial charge in [-0.2, -0.15) is 8.75 Å². The summed E-state index contributed by atoms with van der Waals surface area (Å²) in [4.78, 5) is 15.3. The number of carbonyl (C=O) groups is 1. The standard InChI is InChI=1S/C27H23N3O5S/c1-30(2)19-7-3-16(4-8-19)13-20-25(17-5-9-21-22(14-17)29-36-28-21)26(31)35-27(20,32)18-6-10-23-24(15-18)34-12-11-33-23/h3-10,14-15,32H,11-13H2,1-2H3. The van der Waals surface area contributed by atoms with E-state index in [1.165, 1.54) is 0 Å². The Labute approximate surface area is 211 Å². The zero-order valence-corrected chi connectivity index (χ0v) is 20.5. The number of hydrogen-bond donors (Lipinski definition) is 1. The number of ether oxygens (including phenoxy) is 3. The van der Waals surface area contributed by atoms with Gasteiger partial charge in [-0.05, 0) is 53.6 Å². The molecule has 3 aromatic carbocycles. The van der Waals surface area contributed by atoms with Crippen LogP contribution in [0.1, 0.15) is 16.7 Å². The Kier molecular flexibility index (Phi) is 5.39. The summed E-state index contributed by atoms with van der Waals surface area (Å²) in [5, 5.41) is 12.0. The number of esters is 1. The van der Waals surface area contributed by atoms with Crippen molar-refractivity contribution in [1.29, 1.82) is 0 Å². The summed E-state index contributed by atoms with van der Waals surface area (Å²) in [6, 6.07) is 18.5. The second kappa shape index (κ2) is 8.61. The summed E-state index contributed by atoms with van der Waals surface area (Å²) in [7, 11) is 3.95. The minimum atomic E-state index is -1.97. The highest BCUT2D eigenvalue weighted by molar-refractivity contribution is 7.00. The van der Waals surface area contributed by atoms with Gasteiger partial charge < -0.3 is 24.2 Å². The van der Waals surface area contributed by atoms with E-state index in [-0.39, 0.29) is 0 Å². The number of fused-ring (bicyclic) bond motifs is 2. The lowest BCUT2D eigenvalue weighted by Crippen LogP contribution is -2.30. The molecule has 1 aromatic heterocycles. The lowest BCUT2D eigenvalue weighted by Gasteiger charge is -2.27. The average Bonchev–Trinajstić information content (AvgIpc) is 3.45. The van der Waals surface area contributed by atoms with Crippen molar-refractivity contribution in [3.63, 3.8) is 0 Å². The van der Waals surface area contributed by atoms with E-state index < -0.39 is 11.8 Å². The molecule has 3 heterocycles. The summed E-state index contributed by atoms with van der Waals surface area (Å²) < 4.78 is 25.7. The van der Waals surface area contributed by atoms with Crippen LogP contribution in [0.25, 0.3) is 16.6 Å². The van der Waals surface area contributed by atoms with E-state index in [1.54, 1.807) is 24.3 Å². The Hall–Kier alpha value is -3.95. The molecule has 0 spiro atoms. The average molecular weight is 502 g/mol. The molecular weight excluding hydrogens is 478 g/mol. The Balaban J connectivity index is 1.50. The smallest absolute Gasteiger partial charge is 0.342 e. The van der Waals surface area contributed by atoms with Crippen molar-refractivity contribution in [3.8, 4) is 11.5 Å². The molecule has 8 nitrogen and oxygen atoms in total. The van der Waals surface area contributed by atoms with E-state index in [0.717, 1.165) is 28.5 Å². The first-order chi connectivity index (χ1) is 17.4. The van der Waals surface area contributed by atoms with Crippen LogP contribution in [0, 0.1) is 0 Å². The van der Waals surface area contributed by atoms with Crippen molar-refractivity contribution in [2.45, 2.75) is 12.2 Å². The number of benzene rings is 3. The van der Waals surface area contributed by atoms with Crippen molar-refractivity contribution in [3.05, 3.63) is 82.9 Å². The summed E-state index contributed by atoms with van der Waals surface area (Å²) >= 11 is 1.11.